The van der Waals surface area contributed by atoms with Gasteiger partial charge in [0.15, 0.2) is 5.96 Å². The maximum atomic E-state index is 13.3. The summed E-state index contributed by atoms with van der Waals surface area (Å²) in [5.74, 6) is 0.519. The molecule has 7 heteroatoms. The zero-order chi connectivity index (χ0) is 20.5. The molecule has 0 aliphatic rings. The Morgan fingerprint density at radius 3 is 2.69 bits per heavy atom. The van der Waals surface area contributed by atoms with Gasteiger partial charge in [-0.05, 0) is 47.9 Å². The first-order chi connectivity index (χ1) is 14.2. The number of halogens is 1. The van der Waals surface area contributed by atoms with Crippen LogP contribution in [0.15, 0.2) is 53.7 Å². The summed E-state index contributed by atoms with van der Waals surface area (Å²) in [5.41, 5.74) is 4.22. The molecule has 0 saturated heterocycles. The van der Waals surface area contributed by atoms with Crippen LogP contribution in [0.2, 0.25) is 0 Å². The van der Waals surface area contributed by atoms with Crippen molar-refractivity contribution in [2.45, 2.75) is 13.0 Å². The smallest absolute Gasteiger partial charge is 0.191 e. The average molecular weight is 397 g/mol. The van der Waals surface area contributed by atoms with Gasteiger partial charge in [0, 0.05) is 56.6 Å². The predicted molar refractivity (Wildman–Crippen MR) is 117 cm³/mol. The van der Waals surface area contributed by atoms with Crippen molar-refractivity contribution in [2.75, 3.05) is 39.2 Å². The molecule has 3 aromatic rings. The third kappa shape index (κ3) is 5.96. The summed E-state index contributed by atoms with van der Waals surface area (Å²) in [4.78, 5) is 7.40. The molecule has 0 unspecified atom stereocenters. The summed E-state index contributed by atoms with van der Waals surface area (Å²) in [6, 6.07) is 13.1. The van der Waals surface area contributed by atoms with Gasteiger partial charge in [0.2, 0.25) is 0 Å². The minimum absolute atomic E-state index is 0.229. The van der Waals surface area contributed by atoms with E-state index in [9.17, 15) is 4.39 Å². The van der Waals surface area contributed by atoms with E-state index < -0.39 is 0 Å². The number of nitrogens with one attached hydrogen (secondary N) is 4. The lowest BCUT2D eigenvalue weighted by Crippen LogP contribution is -2.37. The molecule has 0 atom stereocenters. The third-order valence-corrected chi connectivity index (χ3v) is 4.69. The van der Waals surface area contributed by atoms with Gasteiger partial charge in [-0.1, -0.05) is 12.1 Å². The Morgan fingerprint density at radius 1 is 1.10 bits per heavy atom. The van der Waals surface area contributed by atoms with Gasteiger partial charge in [-0.3, -0.25) is 4.99 Å². The largest absolute Gasteiger partial charge is 0.383 e. The monoisotopic (exact) mass is 397 g/mol. The second-order valence-electron chi connectivity index (χ2n) is 6.72. The molecule has 0 radical (unpaired) electrons. The molecule has 0 bridgehead atoms. The molecule has 2 aromatic carbocycles. The SMILES string of the molecule is CN=C(NCCc1c[nH]c2cc(F)ccc12)NCc1ccc(NCCOC)cc1. The Kier molecular flexibility index (Phi) is 7.47. The molecular weight excluding hydrogens is 369 g/mol. The highest BCUT2D eigenvalue weighted by molar-refractivity contribution is 5.83. The van der Waals surface area contributed by atoms with E-state index in [1.165, 1.54) is 17.7 Å². The molecule has 6 nitrogen and oxygen atoms in total. The lowest BCUT2D eigenvalue weighted by Gasteiger charge is -2.12. The zero-order valence-electron chi connectivity index (χ0n) is 16.9. The number of guanidine groups is 1. The van der Waals surface area contributed by atoms with Gasteiger partial charge in [-0.25, -0.2) is 4.39 Å². The van der Waals surface area contributed by atoms with Crippen molar-refractivity contribution in [3.63, 3.8) is 0 Å². The van der Waals surface area contributed by atoms with Crippen molar-refractivity contribution in [1.82, 2.24) is 15.6 Å². The van der Waals surface area contributed by atoms with Crippen molar-refractivity contribution in [2.24, 2.45) is 4.99 Å². The van der Waals surface area contributed by atoms with Gasteiger partial charge in [0.05, 0.1) is 6.61 Å². The number of anilines is 1. The second-order valence-corrected chi connectivity index (χ2v) is 6.72. The minimum atomic E-state index is -0.229. The van der Waals surface area contributed by atoms with Crippen molar-refractivity contribution in [3.8, 4) is 0 Å². The predicted octanol–water partition coefficient (Wildman–Crippen LogP) is 3.27. The van der Waals surface area contributed by atoms with Crippen LogP contribution in [-0.4, -0.2) is 44.8 Å². The van der Waals surface area contributed by atoms with Crippen LogP contribution >= 0.6 is 0 Å². The van der Waals surface area contributed by atoms with Crippen LogP contribution in [0.25, 0.3) is 10.9 Å². The Labute approximate surface area is 170 Å². The number of fused-ring (bicyclic) bond motifs is 1. The van der Waals surface area contributed by atoms with Crippen LogP contribution in [0.3, 0.4) is 0 Å². The molecule has 0 saturated carbocycles. The fraction of sp³-hybridized carbons (Fsp3) is 0.318. The number of ether oxygens (including phenoxy) is 1. The number of aromatic amines is 1. The van der Waals surface area contributed by atoms with Gasteiger partial charge in [0.1, 0.15) is 5.82 Å². The maximum absolute atomic E-state index is 13.3. The fourth-order valence-electron chi connectivity index (χ4n) is 3.13. The molecule has 4 N–H and O–H groups in total. The standard InChI is InChI=1S/C22H28FN5O/c1-24-22(28-14-16-3-6-19(7-4-16)25-11-12-29-2)26-10-9-17-15-27-21-13-18(23)5-8-20(17)21/h3-8,13,15,25,27H,9-12,14H2,1-2H3,(H2,24,26,28). The second kappa shape index (κ2) is 10.5. The number of benzene rings is 2. The molecule has 29 heavy (non-hydrogen) atoms. The van der Waals surface area contributed by atoms with Crippen LogP contribution in [0.4, 0.5) is 10.1 Å². The first kappa shape index (κ1) is 20.7. The normalized spacial score (nSPS) is 11.6. The molecule has 0 aliphatic carbocycles. The Morgan fingerprint density at radius 2 is 1.93 bits per heavy atom. The summed E-state index contributed by atoms with van der Waals surface area (Å²) in [7, 11) is 3.45. The lowest BCUT2D eigenvalue weighted by atomic mass is 10.1. The molecule has 1 aromatic heterocycles. The summed E-state index contributed by atoms with van der Waals surface area (Å²) >= 11 is 0. The first-order valence-electron chi connectivity index (χ1n) is 9.71. The number of aromatic nitrogens is 1. The van der Waals surface area contributed by atoms with Gasteiger partial charge >= 0.3 is 0 Å². The Balaban J connectivity index is 1.44. The average Bonchev–Trinajstić information content (AvgIpc) is 3.13. The van der Waals surface area contributed by atoms with Crippen LogP contribution < -0.4 is 16.0 Å². The van der Waals surface area contributed by atoms with E-state index in [0.717, 1.165) is 47.6 Å². The number of hydrogen-bond donors (Lipinski definition) is 4. The lowest BCUT2D eigenvalue weighted by molar-refractivity contribution is 0.211. The maximum Gasteiger partial charge on any atom is 0.191 e. The van der Waals surface area contributed by atoms with E-state index in [1.54, 1.807) is 14.2 Å². The minimum Gasteiger partial charge on any atom is -0.383 e. The Bertz CT molecular complexity index is 936. The van der Waals surface area contributed by atoms with E-state index in [2.05, 4.69) is 50.2 Å². The number of nitrogens with zero attached hydrogens (tertiary/aromatic N) is 1. The van der Waals surface area contributed by atoms with Crippen molar-refractivity contribution >= 4 is 22.5 Å². The van der Waals surface area contributed by atoms with Crippen molar-refractivity contribution in [1.29, 1.82) is 0 Å². The van der Waals surface area contributed by atoms with E-state index in [-0.39, 0.29) is 5.82 Å². The molecule has 0 spiro atoms. The number of H-pyrrole nitrogens is 1. The van der Waals surface area contributed by atoms with E-state index in [0.29, 0.717) is 13.2 Å². The number of aliphatic imine (C=N–C) groups is 1. The van der Waals surface area contributed by atoms with Crippen LogP contribution in [0, 0.1) is 5.82 Å². The molecule has 1 heterocycles. The van der Waals surface area contributed by atoms with Gasteiger partial charge in [0.25, 0.3) is 0 Å². The van der Waals surface area contributed by atoms with Crippen LogP contribution in [0.5, 0.6) is 0 Å². The highest BCUT2D eigenvalue weighted by Gasteiger charge is 2.05. The van der Waals surface area contributed by atoms with Gasteiger partial charge < -0.3 is 25.7 Å². The van der Waals surface area contributed by atoms with Crippen molar-refractivity contribution in [3.05, 3.63) is 65.6 Å². The van der Waals surface area contributed by atoms with Crippen LogP contribution in [-0.2, 0) is 17.7 Å². The van der Waals surface area contributed by atoms with Crippen LogP contribution in [0.1, 0.15) is 11.1 Å². The fourth-order valence-corrected chi connectivity index (χ4v) is 3.13. The van der Waals surface area contributed by atoms with Gasteiger partial charge in [-0.15, -0.1) is 0 Å². The number of methoxy groups -OCH3 is 1. The van der Waals surface area contributed by atoms with Gasteiger partial charge in [-0.2, -0.15) is 0 Å². The Hall–Kier alpha value is -3.06. The molecular formula is C22H28FN5O. The quantitative estimate of drug-likeness (QED) is 0.254. The molecule has 3 rings (SSSR count). The molecule has 0 fully saturated rings. The van der Waals surface area contributed by atoms with Crippen molar-refractivity contribution < 1.29 is 9.13 Å². The summed E-state index contributed by atoms with van der Waals surface area (Å²) in [6.45, 7) is 2.88. The highest BCUT2D eigenvalue weighted by Crippen LogP contribution is 2.19. The summed E-state index contributed by atoms with van der Waals surface area (Å²) in [5, 5.41) is 11.0. The topological polar surface area (TPSA) is 73.5 Å². The number of hydrogen-bond acceptors (Lipinski definition) is 3. The molecule has 0 amide bonds. The summed E-state index contributed by atoms with van der Waals surface area (Å²) in [6.07, 6.45) is 2.75. The summed E-state index contributed by atoms with van der Waals surface area (Å²) < 4.78 is 18.3. The van der Waals surface area contributed by atoms with E-state index in [4.69, 9.17) is 4.74 Å². The highest BCUT2D eigenvalue weighted by atomic mass is 19.1. The zero-order valence-corrected chi connectivity index (χ0v) is 16.9. The number of rotatable bonds is 9. The third-order valence-electron chi connectivity index (χ3n) is 4.69. The van der Waals surface area contributed by atoms with E-state index >= 15 is 0 Å². The van der Waals surface area contributed by atoms with E-state index in [1.807, 2.05) is 12.3 Å². The first-order valence-corrected chi connectivity index (χ1v) is 9.71. The molecule has 154 valence electrons. The molecule has 0 aliphatic heterocycles.